The fourth-order valence-electron chi connectivity index (χ4n) is 3.52. The molecule has 6 nitrogen and oxygen atoms in total. The molecule has 0 atom stereocenters. The minimum Gasteiger partial charge on any atom is -0.393 e. The molecule has 24 heavy (non-hydrogen) atoms. The van der Waals surface area contributed by atoms with E-state index in [1.165, 1.54) is 18.5 Å². The second kappa shape index (κ2) is 5.84. The van der Waals surface area contributed by atoms with Crippen LogP contribution < -0.4 is 5.32 Å². The molecule has 2 saturated carbocycles. The molecule has 2 aromatic heterocycles. The standard InChI is InChI=1S/C18H25N5O/c1-12-5-13(2)23(22-12)10-18(3-4-18)9-19-17-8-16(20-11-21-17)14-6-15(24)7-14/h5,8,11,14-15,24H,3-4,6-7,9-10H2,1-2H3,(H,19,20,21). The van der Waals surface area contributed by atoms with Crippen molar-refractivity contribution < 1.29 is 5.11 Å². The highest BCUT2D eigenvalue weighted by Crippen LogP contribution is 2.47. The van der Waals surface area contributed by atoms with Crippen molar-refractivity contribution in [2.75, 3.05) is 11.9 Å². The molecular weight excluding hydrogens is 302 g/mol. The SMILES string of the molecule is Cc1cc(C)n(CC2(CNc3cc(C4CC(O)C4)ncn3)CC2)n1. The average Bonchev–Trinajstić information content (AvgIpc) is 3.22. The predicted molar refractivity (Wildman–Crippen MR) is 91.9 cm³/mol. The number of aliphatic hydroxyl groups is 1. The van der Waals surface area contributed by atoms with E-state index in [1.54, 1.807) is 6.33 Å². The van der Waals surface area contributed by atoms with Gasteiger partial charge in [0.05, 0.1) is 11.8 Å². The Kier molecular flexibility index (Phi) is 3.79. The molecule has 2 fully saturated rings. The van der Waals surface area contributed by atoms with Gasteiger partial charge in [-0.25, -0.2) is 9.97 Å². The largest absolute Gasteiger partial charge is 0.393 e. The molecular formula is C18H25N5O. The second-order valence-corrected chi connectivity index (χ2v) is 7.59. The molecule has 0 saturated heterocycles. The van der Waals surface area contributed by atoms with Crippen LogP contribution in [0.4, 0.5) is 5.82 Å². The average molecular weight is 327 g/mol. The van der Waals surface area contributed by atoms with Gasteiger partial charge >= 0.3 is 0 Å². The number of aromatic nitrogens is 4. The van der Waals surface area contributed by atoms with Crippen LogP contribution in [0.25, 0.3) is 0 Å². The summed E-state index contributed by atoms with van der Waals surface area (Å²) < 4.78 is 2.13. The van der Waals surface area contributed by atoms with Gasteiger partial charge in [-0.2, -0.15) is 5.10 Å². The van der Waals surface area contributed by atoms with Crippen LogP contribution in [-0.2, 0) is 6.54 Å². The molecule has 0 spiro atoms. The Labute approximate surface area is 142 Å². The van der Waals surface area contributed by atoms with Crippen molar-refractivity contribution in [3.8, 4) is 0 Å². The van der Waals surface area contributed by atoms with Crippen LogP contribution in [0.1, 0.15) is 48.7 Å². The Morgan fingerprint density at radius 3 is 2.67 bits per heavy atom. The fourth-order valence-corrected chi connectivity index (χ4v) is 3.52. The van der Waals surface area contributed by atoms with Gasteiger partial charge in [0, 0.05) is 41.9 Å². The van der Waals surface area contributed by atoms with Gasteiger partial charge in [0.2, 0.25) is 0 Å². The van der Waals surface area contributed by atoms with E-state index in [1.807, 2.05) is 13.0 Å². The van der Waals surface area contributed by atoms with Crippen LogP contribution >= 0.6 is 0 Å². The first-order valence-corrected chi connectivity index (χ1v) is 8.78. The predicted octanol–water partition coefficient (Wildman–Crippen LogP) is 2.42. The zero-order chi connectivity index (χ0) is 16.7. The van der Waals surface area contributed by atoms with Crippen molar-refractivity contribution >= 4 is 5.82 Å². The van der Waals surface area contributed by atoms with Crippen molar-refractivity contribution in [2.45, 2.75) is 58.1 Å². The monoisotopic (exact) mass is 327 g/mol. The number of nitrogens with one attached hydrogen (secondary N) is 1. The molecule has 128 valence electrons. The fraction of sp³-hybridized carbons (Fsp3) is 0.611. The van der Waals surface area contributed by atoms with Crippen LogP contribution in [0.5, 0.6) is 0 Å². The highest BCUT2D eigenvalue weighted by Gasteiger charge is 2.43. The van der Waals surface area contributed by atoms with Crippen molar-refractivity contribution in [3.05, 3.63) is 35.5 Å². The van der Waals surface area contributed by atoms with Crippen LogP contribution in [0.2, 0.25) is 0 Å². The Morgan fingerprint density at radius 2 is 2.04 bits per heavy atom. The van der Waals surface area contributed by atoms with Crippen molar-refractivity contribution in [1.82, 2.24) is 19.7 Å². The zero-order valence-corrected chi connectivity index (χ0v) is 14.4. The molecule has 0 aliphatic heterocycles. The number of rotatable bonds is 6. The summed E-state index contributed by atoms with van der Waals surface area (Å²) in [6.07, 6.45) is 5.56. The Balaban J connectivity index is 1.38. The second-order valence-electron chi connectivity index (χ2n) is 7.59. The number of anilines is 1. The molecule has 2 heterocycles. The first-order valence-electron chi connectivity index (χ1n) is 8.78. The maximum Gasteiger partial charge on any atom is 0.129 e. The lowest BCUT2D eigenvalue weighted by Gasteiger charge is -2.30. The van der Waals surface area contributed by atoms with E-state index in [0.717, 1.165) is 43.1 Å². The van der Waals surface area contributed by atoms with Gasteiger partial charge in [0.15, 0.2) is 0 Å². The summed E-state index contributed by atoms with van der Waals surface area (Å²) in [5, 5.41) is 17.6. The minimum absolute atomic E-state index is 0.156. The van der Waals surface area contributed by atoms with Crippen molar-refractivity contribution in [3.63, 3.8) is 0 Å². The lowest BCUT2D eigenvalue weighted by Crippen LogP contribution is -2.27. The van der Waals surface area contributed by atoms with Crippen LogP contribution in [0.3, 0.4) is 0 Å². The molecule has 4 rings (SSSR count). The Morgan fingerprint density at radius 1 is 1.25 bits per heavy atom. The van der Waals surface area contributed by atoms with Crippen LogP contribution in [0, 0.1) is 19.3 Å². The third-order valence-electron chi connectivity index (χ3n) is 5.41. The Bertz CT molecular complexity index is 731. The molecule has 2 N–H and O–H groups in total. The lowest BCUT2D eigenvalue weighted by atomic mass is 9.80. The zero-order valence-electron chi connectivity index (χ0n) is 14.4. The first kappa shape index (κ1) is 15.6. The van der Waals surface area contributed by atoms with Crippen molar-refractivity contribution in [1.29, 1.82) is 0 Å². The van der Waals surface area contributed by atoms with Gasteiger partial charge in [0.1, 0.15) is 12.1 Å². The summed E-state index contributed by atoms with van der Waals surface area (Å²) in [5.41, 5.74) is 3.65. The summed E-state index contributed by atoms with van der Waals surface area (Å²) in [5.74, 6) is 1.27. The van der Waals surface area contributed by atoms with Gasteiger partial charge in [0.25, 0.3) is 0 Å². The quantitative estimate of drug-likeness (QED) is 0.852. The summed E-state index contributed by atoms with van der Waals surface area (Å²) in [6.45, 7) is 6.04. The third kappa shape index (κ3) is 3.15. The molecule has 2 aliphatic carbocycles. The summed E-state index contributed by atoms with van der Waals surface area (Å²) in [7, 11) is 0. The van der Waals surface area contributed by atoms with Gasteiger partial charge in [-0.3, -0.25) is 4.68 Å². The molecule has 0 aromatic carbocycles. The van der Waals surface area contributed by atoms with E-state index >= 15 is 0 Å². The molecule has 0 radical (unpaired) electrons. The molecule has 6 heteroatoms. The van der Waals surface area contributed by atoms with E-state index in [4.69, 9.17) is 0 Å². The van der Waals surface area contributed by atoms with E-state index in [9.17, 15) is 5.11 Å². The third-order valence-corrected chi connectivity index (χ3v) is 5.41. The Hall–Kier alpha value is -1.95. The maximum atomic E-state index is 9.46. The summed E-state index contributed by atoms with van der Waals surface area (Å²) in [4.78, 5) is 8.71. The highest BCUT2D eigenvalue weighted by atomic mass is 16.3. The first-order chi connectivity index (χ1) is 11.5. The van der Waals surface area contributed by atoms with E-state index < -0.39 is 0 Å². The molecule has 2 aromatic rings. The number of hydrogen-bond acceptors (Lipinski definition) is 5. The summed E-state index contributed by atoms with van der Waals surface area (Å²) >= 11 is 0. The van der Waals surface area contributed by atoms with E-state index in [-0.39, 0.29) is 6.10 Å². The summed E-state index contributed by atoms with van der Waals surface area (Å²) in [6, 6.07) is 4.17. The topological polar surface area (TPSA) is 75.9 Å². The van der Waals surface area contributed by atoms with Gasteiger partial charge in [-0.05, 0) is 45.6 Å². The molecule has 0 bridgehead atoms. The van der Waals surface area contributed by atoms with Crippen LogP contribution in [0.15, 0.2) is 18.5 Å². The van der Waals surface area contributed by atoms with Gasteiger partial charge in [-0.1, -0.05) is 0 Å². The van der Waals surface area contributed by atoms with Crippen molar-refractivity contribution in [2.24, 2.45) is 5.41 Å². The molecule has 0 amide bonds. The van der Waals surface area contributed by atoms with E-state index in [2.05, 4.69) is 38.1 Å². The van der Waals surface area contributed by atoms with Crippen LogP contribution in [-0.4, -0.2) is 37.5 Å². The maximum absolute atomic E-state index is 9.46. The molecule has 0 unspecified atom stereocenters. The van der Waals surface area contributed by atoms with Gasteiger partial charge in [-0.15, -0.1) is 0 Å². The number of hydrogen-bond donors (Lipinski definition) is 2. The van der Waals surface area contributed by atoms with E-state index in [0.29, 0.717) is 11.3 Å². The van der Waals surface area contributed by atoms with Gasteiger partial charge < -0.3 is 10.4 Å². The molecule has 2 aliphatic rings. The highest BCUT2D eigenvalue weighted by molar-refractivity contribution is 5.37. The minimum atomic E-state index is -0.156. The number of aryl methyl sites for hydroxylation is 2. The number of nitrogens with zero attached hydrogens (tertiary/aromatic N) is 4. The smallest absolute Gasteiger partial charge is 0.129 e. The number of aliphatic hydroxyl groups excluding tert-OH is 1. The lowest BCUT2D eigenvalue weighted by molar-refractivity contribution is 0.0732. The normalized spacial score (nSPS) is 24.5.